The number of benzene rings is 1. The highest BCUT2D eigenvalue weighted by atomic mass is 79.9. The lowest BCUT2D eigenvalue weighted by Gasteiger charge is -2.09. The largest absolute Gasteiger partial charge is 0.287 e. The fraction of sp³-hybridized carbons (Fsp3) is 0.333. The van der Waals surface area contributed by atoms with Crippen molar-refractivity contribution in [3.63, 3.8) is 0 Å². The molecule has 0 N–H and O–H groups in total. The van der Waals surface area contributed by atoms with Crippen molar-refractivity contribution in [2.24, 2.45) is 0 Å². The highest BCUT2D eigenvalue weighted by molar-refractivity contribution is 9.10. The summed E-state index contributed by atoms with van der Waals surface area (Å²) in [6.45, 7) is 6.81. The number of halogens is 1. The van der Waals surface area contributed by atoms with Crippen LogP contribution in [0.5, 0.6) is 0 Å². The summed E-state index contributed by atoms with van der Waals surface area (Å²) < 4.78 is 2.53. The van der Waals surface area contributed by atoms with Crippen LogP contribution in [0.3, 0.4) is 0 Å². The minimum atomic E-state index is 0.0234. The van der Waals surface area contributed by atoms with Crippen molar-refractivity contribution in [1.29, 1.82) is 0 Å². The van der Waals surface area contributed by atoms with Crippen molar-refractivity contribution in [2.45, 2.75) is 33.7 Å². The second-order valence-electron chi connectivity index (χ2n) is 4.71. The summed E-state index contributed by atoms with van der Waals surface area (Å²) in [4.78, 5) is 12.7. The maximum atomic E-state index is 12.7. The number of hydrogen-bond donors (Lipinski definition) is 0. The summed E-state index contributed by atoms with van der Waals surface area (Å²) in [5.74, 6) is 0.0234. The molecule has 0 unspecified atom stereocenters. The van der Waals surface area contributed by atoms with Crippen LogP contribution in [-0.4, -0.2) is 15.6 Å². The van der Waals surface area contributed by atoms with Crippen LogP contribution >= 0.6 is 15.9 Å². The van der Waals surface area contributed by atoms with Gasteiger partial charge in [0.1, 0.15) is 5.69 Å². The first-order chi connectivity index (χ1) is 9.04. The SMILES string of the molecule is CCCn1ncc(Br)c1C(=O)c1ccc(C)cc1C. The molecule has 0 saturated carbocycles. The molecular formula is C15H17BrN2O. The van der Waals surface area contributed by atoms with Gasteiger partial charge in [-0.25, -0.2) is 0 Å². The number of aryl methyl sites for hydroxylation is 3. The van der Waals surface area contributed by atoms with E-state index in [0.717, 1.165) is 34.1 Å². The summed E-state index contributed by atoms with van der Waals surface area (Å²) in [7, 11) is 0. The molecule has 0 saturated heterocycles. The standard InChI is InChI=1S/C15H17BrN2O/c1-4-7-18-14(13(16)9-17-18)15(19)12-6-5-10(2)8-11(12)3/h5-6,8-9H,4,7H2,1-3H3. The van der Waals surface area contributed by atoms with Crippen molar-refractivity contribution in [3.8, 4) is 0 Å². The Morgan fingerprint density at radius 3 is 2.74 bits per heavy atom. The van der Waals surface area contributed by atoms with Crippen LogP contribution in [0, 0.1) is 13.8 Å². The Morgan fingerprint density at radius 2 is 2.11 bits per heavy atom. The fourth-order valence-corrected chi connectivity index (χ4v) is 2.64. The molecule has 1 aromatic heterocycles. The fourth-order valence-electron chi connectivity index (χ4n) is 2.17. The molecule has 19 heavy (non-hydrogen) atoms. The molecule has 100 valence electrons. The van der Waals surface area contributed by atoms with Crippen molar-refractivity contribution in [2.75, 3.05) is 0 Å². The van der Waals surface area contributed by atoms with Gasteiger partial charge in [0.25, 0.3) is 0 Å². The molecule has 0 bridgehead atoms. The lowest BCUT2D eigenvalue weighted by molar-refractivity contribution is 0.102. The van der Waals surface area contributed by atoms with Gasteiger partial charge in [0.2, 0.25) is 5.78 Å². The Morgan fingerprint density at radius 1 is 1.37 bits per heavy atom. The van der Waals surface area contributed by atoms with E-state index in [1.54, 1.807) is 10.9 Å². The molecule has 1 heterocycles. The first kappa shape index (κ1) is 14.0. The Hall–Kier alpha value is -1.42. The van der Waals surface area contributed by atoms with Crippen LogP contribution in [-0.2, 0) is 6.54 Å². The van der Waals surface area contributed by atoms with Gasteiger partial charge in [-0.15, -0.1) is 0 Å². The average molecular weight is 321 g/mol. The average Bonchev–Trinajstić information content (AvgIpc) is 2.70. The number of carbonyl (C=O) groups is 1. The molecule has 0 aliphatic rings. The van der Waals surface area contributed by atoms with Crippen LogP contribution in [0.25, 0.3) is 0 Å². The van der Waals surface area contributed by atoms with E-state index < -0.39 is 0 Å². The molecule has 1 aromatic carbocycles. The number of rotatable bonds is 4. The molecule has 0 radical (unpaired) electrons. The van der Waals surface area contributed by atoms with Gasteiger partial charge in [-0.3, -0.25) is 9.48 Å². The summed E-state index contributed by atoms with van der Waals surface area (Å²) in [5.41, 5.74) is 3.54. The predicted molar refractivity (Wildman–Crippen MR) is 79.6 cm³/mol. The molecule has 2 aromatic rings. The molecule has 4 heteroatoms. The number of aromatic nitrogens is 2. The first-order valence-electron chi connectivity index (χ1n) is 6.37. The van der Waals surface area contributed by atoms with Crippen LogP contribution in [0.1, 0.15) is 40.5 Å². The minimum absolute atomic E-state index is 0.0234. The zero-order valence-corrected chi connectivity index (χ0v) is 13.0. The summed E-state index contributed by atoms with van der Waals surface area (Å²) in [6, 6.07) is 5.89. The number of ketones is 1. The molecule has 0 fully saturated rings. The van der Waals surface area contributed by atoms with E-state index in [9.17, 15) is 4.79 Å². The van der Waals surface area contributed by atoms with Crippen LogP contribution < -0.4 is 0 Å². The van der Waals surface area contributed by atoms with Crippen molar-refractivity contribution >= 4 is 21.7 Å². The normalized spacial score (nSPS) is 10.7. The van der Waals surface area contributed by atoms with Gasteiger partial charge in [0.05, 0.1) is 10.7 Å². The van der Waals surface area contributed by atoms with E-state index in [4.69, 9.17) is 0 Å². The highest BCUT2D eigenvalue weighted by Crippen LogP contribution is 2.22. The van der Waals surface area contributed by atoms with Crippen molar-refractivity contribution in [3.05, 3.63) is 51.3 Å². The van der Waals surface area contributed by atoms with E-state index >= 15 is 0 Å². The van der Waals surface area contributed by atoms with E-state index in [1.165, 1.54) is 0 Å². The van der Waals surface area contributed by atoms with Gasteiger partial charge in [0, 0.05) is 12.1 Å². The third-order valence-electron chi connectivity index (χ3n) is 3.07. The van der Waals surface area contributed by atoms with Crippen molar-refractivity contribution in [1.82, 2.24) is 9.78 Å². The lowest BCUT2D eigenvalue weighted by atomic mass is 10.0. The smallest absolute Gasteiger partial charge is 0.212 e. The number of hydrogen-bond acceptors (Lipinski definition) is 2. The quantitative estimate of drug-likeness (QED) is 0.801. The summed E-state index contributed by atoms with van der Waals surface area (Å²) in [6.07, 6.45) is 2.63. The minimum Gasteiger partial charge on any atom is -0.287 e. The van der Waals surface area contributed by atoms with E-state index in [-0.39, 0.29) is 5.78 Å². The van der Waals surface area contributed by atoms with E-state index in [2.05, 4.69) is 28.0 Å². The van der Waals surface area contributed by atoms with E-state index in [1.807, 2.05) is 32.0 Å². The summed E-state index contributed by atoms with van der Waals surface area (Å²) >= 11 is 3.42. The van der Waals surface area contributed by atoms with Gasteiger partial charge in [-0.05, 0) is 41.8 Å². The van der Waals surface area contributed by atoms with Gasteiger partial charge >= 0.3 is 0 Å². The lowest BCUT2D eigenvalue weighted by Crippen LogP contribution is -2.13. The Labute approximate surface area is 121 Å². The monoisotopic (exact) mass is 320 g/mol. The second kappa shape index (κ2) is 5.70. The molecule has 0 spiro atoms. The van der Waals surface area contributed by atoms with Gasteiger partial charge in [0.15, 0.2) is 0 Å². The van der Waals surface area contributed by atoms with Crippen LogP contribution in [0.2, 0.25) is 0 Å². The Kier molecular flexibility index (Phi) is 4.20. The van der Waals surface area contributed by atoms with Crippen LogP contribution in [0.4, 0.5) is 0 Å². The Bertz CT molecular complexity index is 617. The maximum Gasteiger partial charge on any atom is 0.212 e. The van der Waals surface area contributed by atoms with Gasteiger partial charge < -0.3 is 0 Å². The molecule has 0 atom stereocenters. The van der Waals surface area contributed by atoms with Crippen molar-refractivity contribution < 1.29 is 4.79 Å². The number of carbonyl (C=O) groups excluding carboxylic acids is 1. The molecule has 2 rings (SSSR count). The number of nitrogens with zero attached hydrogens (tertiary/aromatic N) is 2. The Balaban J connectivity index is 2.46. The third-order valence-corrected chi connectivity index (χ3v) is 3.65. The highest BCUT2D eigenvalue weighted by Gasteiger charge is 2.19. The third kappa shape index (κ3) is 2.78. The maximum absolute atomic E-state index is 12.7. The molecular weight excluding hydrogens is 304 g/mol. The molecule has 0 aliphatic carbocycles. The molecule has 3 nitrogen and oxygen atoms in total. The molecule has 0 aliphatic heterocycles. The second-order valence-corrected chi connectivity index (χ2v) is 5.57. The first-order valence-corrected chi connectivity index (χ1v) is 7.17. The summed E-state index contributed by atoms with van der Waals surface area (Å²) in [5, 5.41) is 4.25. The molecule has 0 amide bonds. The van der Waals surface area contributed by atoms with Crippen LogP contribution in [0.15, 0.2) is 28.9 Å². The van der Waals surface area contributed by atoms with Gasteiger partial charge in [-0.2, -0.15) is 5.10 Å². The predicted octanol–water partition coefficient (Wildman–Crippen LogP) is 3.90. The van der Waals surface area contributed by atoms with E-state index in [0.29, 0.717) is 5.69 Å². The zero-order chi connectivity index (χ0) is 14.0. The topological polar surface area (TPSA) is 34.9 Å². The van der Waals surface area contributed by atoms with Gasteiger partial charge in [-0.1, -0.05) is 30.7 Å². The zero-order valence-electron chi connectivity index (χ0n) is 11.4.